The van der Waals surface area contributed by atoms with Crippen LogP contribution >= 0.6 is 0 Å². The minimum absolute atomic E-state index is 0.00413. The second kappa shape index (κ2) is 3.87. The van der Waals surface area contributed by atoms with Crippen LogP contribution in [0.4, 0.5) is 5.69 Å². The van der Waals surface area contributed by atoms with Crippen LogP contribution < -0.4 is 5.32 Å². The molecule has 4 nitrogen and oxygen atoms in total. The van der Waals surface area contributed by atoms with Gasteiger partial charge in [0.2, 0.25) is 0 Å². The average Bonchev–Trinajstić information content (AvgIpc) is 2.66. The molecule has 0 aromatic carbocycles. The first-order chi connectivity index (χ1) is 7.22. The van der Waals surface area contributed by atoms with Gasteiger partial charge in [0.1, 0.15) is 11.8 Å². The summed E-state index contributed by atoms with van der Waals surface area (Å²) in [6, 6.07) is 5.57. The quantitative estimate of drug-likeness (QED) is 0.792. The number of pyridine rings is 1. The van der Waals surface area contributed by atoms with Crippen molar-refractivity contribution in [3.63, 3.8) is 0 Å². The number of nitrogens with zero attached hydrogens (tertiary/aromatic N) is 2. The fourth-order valence-corrected chi connectivity index (χ4v) is 1.65. The van der Waals surface area contributed by atoms with E-state index < -0.39 is 0 Å². The van der Waals surface area contributed by atoms with Crippen molar-refractivity contribution in [3.8, 4) is 6.07 Å². The molecule has 4 heteroatoms. The standard InChI is InChI=1S/C11H13N3O/c1-11(4-5-15-8-11)14-10-3-2-9(6-12)13-7-10/h2-3,7,14H,4-5,8H2,1H3. The van der Waals surface area contributed by atoms with Crippen molar-refractivity contribution in [2.24, 2.45) is 0 Å². The van der Waals surface area contributed by atoms with Gasteiger partial charge in [0.15, 0.2) is 0 Å². The van der Waals surface area contributed by atoms with Gasteiger partial charge in [0.05, 0.1) is 24.0 Å². The summed E-state index contributed by atoms with van der Waals surface area (Å²) in [5.41, 5.74) is 1.37. The van der Waals surface area contributed by atoms with E-state index in [1.54, 1.807) is 12.3 Å². The summed E-state index contributed by atoms with van der Waals surface area (Å²) in [6.45, 7) is 3.64. The number of hydrogen-bond donors (Lipinski definition) is 1. The molecule has 2 heterocycles. The van der Waals surface area contributed by atoms with Crippen LogP contribution in [0.25, 0.3) is 0 Å². The number of nitriles is 1. The second-order valence-electron chi connectivity index (χ2n) is 4.03. The highest BCUT2D eigenvalue weighted by atomic mass is 16.5. The van der Waals surface area contributed by atoms with Crippen molar-refractivity contribution in [2.75, 3.05) is 18.5 Å². The highest BCUT2D eigenvalue weighted by Gasteiger charge is 2.29. The van der Waals surface area contributed by atoms with E-state index in [1.807, 2.05) is 12.1 Å². The first-order valence-corrected chi connectivity index (χ1v) is 4.94. The molecule has 1 fully saturated rings. The average molecular weight is 203 g/mol. The Labute approximate surface area is 88.9 Å². The van der Waals surface area contributed by atoms with Crippen molar-refractivity contribution in [3.05, 3.63) is 24.0 Å². The second-order valence-corrected chi connectivity index (χ2v) is 4.03. The maximum Gasteiger partial charge on any atom is 0.140 e. The van der Waals surface area contributed by atoms with Crippen LogP contribution in [0.5, 0.6) is 0 Å². The van der Waals surface area contributed by atoms with E-state index in [0.717, 1.165) is 18.7 Å². The largest absolute Gasteiger partial charge is 0.379 e. The molecule has 1 aliphatic rings. The molecule has 15 heavy (non-hydrogen) atoms. The van der Waals surface area contributed by atoms with E-state index in [2.05, 4.69) is 17.2 Å². The van der Waals surface area contributed by atoms with E-state index in [9.17, 15) is 0 Å². The molecule has 0 saturated carbocycles. The van der Waals surface area contributed by atoms with E-state index in [0.29, 0.717) is 12.3 Å². The minimum atomic E-state index is -0.00413. The van der Waals surface area contributed by atoms with Crippen molar-refractivity contribution in [2.45, 2.75) is 18.9 Å². The van der Waals surface area contributed by atoms with Crippen molar-refractivity contribution >= 4 is 5.69 Å². The lowest BCUT2D eigenvalue weighted by Crippen LogP contribution is -2.34. The Kier molecular flexibility index (Phi) is 2.57. The molecule has 1 N–H and O–H groups in total. The molecule has 0 radical (unpaired) electrons. The van der Waals surface area contributed by atoms with Gasteiger partial charge in [-0.2, -0.15) is 5.26 Å². The Bertz CT molecular complexity index is 374. The SMILES string of the molecule is CC1(Nc2ccc(C#N)nc2)CCOC1. The van der Waals surface area contributed by atoms with Crippen molar-refractivity contribution in [1.82, 2.24) is 4.98 Å². The molecule has 2 rings (SSSR count). The summed E-state index contributed by atoms with van der Waals surface area (Å²) in [7, 11) is 0. The third kappa shape index (κ3) is 2.25. The zero-order valence-corrected chi connectivity index (χ0v) is 8.66. The normalized spacial score (nSPS) is 24.8. The molecule has 1 saturated heterocycles. The van der Waals surface area contributed by atoms with Crippen LogP contribution in [0.15, 0.2) is 18.3 Å². The molecule has 1 unspecified atom stereocenters. The third-order valence-electron chi connectivity index (χ3n) is 2.54. The monoisotopic (exact) mass is 203 g/mol. The fraction of sp³-hybridized carbons (Fsp3) is 0.455. The molecule has 1 atom stereocenters. The molecule has 1 aliphatic heterocycles. The maximum atomic E-state index is 8.61. The predicted molar refractivity (Wildman–Crippen MR) is 56.4 cm³/mol. The summed E-state index contributed by atoms with van der Waals surface area (Å²) in [5.74, 6) is 0. The summed E-state index contributed by atoms with van der Waals surface area (Å²) in [4.78, 5) is 4.01. The van der Waals surface area contributed by atoms with Crippen LogP contribution in [0, 0.1) is 11.3 Å². The predicted octanol–water partition coefficient (Wildman–Crippen LogP) is 1.54. The van der Waals surface area contributed by atoms with Gasteiger partial charge in [-0.25, -0.2) is 4.98 Å². The van der Waals surface area contributed by atoms with Gasteiger partial charge in [-0.15, -0.1) is 0 Å². The zero-order valence-electron chi connectivity index (χ0n) is 8.66. The number of aromatic nitrogens is 1. The van der Waals surface area contributed by atoms with Crippen LogP contribution in [-0.2, 0) is 4.74 Å². The van der Waals surface area contributed by atoms with Gasteiger partial charge in [0.25, 0.3) is 0 Å². The van der Waals surface area contributed by atoms with Crippen molar-refractivity contribution in [1.29, 1.82) is 5.26 Å². The summed E-state index contributed by atoms with van der Waals surface area (Å²) in [6.07, 6.45) is 2.68. The summed E-state index contributed by atoms with van der Waals surface area (Å²) < 4.78 is 5.34. The molecule has 78 valence electrons. The van der Waals surface area contributed by atoms with Gasteiger partial charge >= 0.3 is 0 Å². The lowest BCUT2D eigenvalue weighted by molar-refractivity contribution is 0.185. The number of hydrogen-bond acceptors (Lipinski definition) is 4. The summed E-state index contributed by atoms with van der Waals surface area (Å²) in [5, 5.41) is 12.0. The Balaban J connectivity index is 2.08. The summed E-state index contributed by atoms with van der Waals surface area (Å²) >= 11 is 0. The molecule has 1 aromatic heterocycles. The van der Waals surface area contributed by atoms with Crippen LogP contribution in [0.2, 0.25) is 0 Å². The van der Waals surface area contributed by atoms with Crippen LogP contribution in [-0.4, -0.2) is 23.7 Å². The highest BCUT2D eigenvalue weighted by molar-refractivity contribution is 5.45. The molecule has 0 aliphatic carbocycles. The highest BCUT2D eigenvalue weighted by Crippen LogP contribution is 2.23. The number of ether oxygens (including phenoxy) is 1. The van der Waals surface area contributed by atoms with Crippen LogP contribution in [0.3, 0.4) is 0 Å². The van der Waals surface area contributed by atoms with E-state index in [-0.39, 0.29) is 5.54 Å². The van der Waals surface area contributed by atoms with Gasteiger partial charge in [-0.3, -0.25) is 0 Å². The minimum Gasteiger partial charge on any atom is -0.379 e. The van der Waals surface area contributed by atoms with E-state index in [4.69, 9.17) is 10.00 Å². The molecule has 0 bridgehead atoms. The molecular formula is C11H13N3O. The first-order valence-electron chi connectivity index (χ1n) is 4.94. The topological polar surface area (TPSA) is 57.9 Å². The lowest BCUT2D eigenvalue weighted by Gasteiger charge is -2.24. The Hall–Kier alpha value is -1.60. The Morgan fingerprint density at radius 2 is 2.47 bits per heavy atom. The smallest absolute Gasteiger partial charge is 0.140 e. The number of nitrogens with one attached hydrogen (secondary N) is 1. The Morgan fingerprint density at radius 3 is 3.00 bits per heavy atom. The molecule has 0 amide bonds. The lowest BCUT2D eigenvalue weighted by atomic mass is 10.0. The maximum absolute atomic E-state index is 8.61. The van der Waals surface area contributed by atoms with E-state index in [1.165, 1.54) is 0 Å². The van der Waals surface area contributed by atoms with Crippen LogP contribution in [0.1, 0.15) is 19.0 Å². The Morgan fingerprint density at radius 1 is 1.60 bits per heavy atom. The number of rotatable bonds is 2. The fourth-order valence-electron chi connectivity index (χ4n) is 1.65. The van der Waals surface area contributed by atoms with Gasteiger partial charge in [-0.05, 0) is 25.5 Å². The zero-order chi connectivity index (χ0) is 10.7. The molecule has 0 spiro atoms. The van der Waals surface area contributed by atoms with Gasteiger partial charge in [-0.1, -0.05) is 0 Å². The molecular weight excluding hydrogens is 190 g/mol. The van der Waals surface area contributed by atoms with Gasteiger partial charge in [0, 0.05) is 6.61 Å². The van der Waals surface area contributed by atoms with Crippen molar-refractivity contribution < 1.29 is 4.74 Å². The third-order valence-corrected chi connectivity index (χ3v) is 2.54. The number of anilines is 1. The van der Waals surface area contributed by atoms with E-state index >= 15 is 0 Å². The van der Waals surface area contributed by atoms with Gasteiger partial charge < -0.3 is 10.1 Å². The first kappa shape index (κ1) is 9.94. The molecule has 1 aromatic rings.